The minimum atomic E-state index is -1.10. The van der Waals surface area contributed by atoms with Gasteiger partial charge in [-0.25, -0.2) is 4.98 Å². The van der Waals surface area contributed by atoms with Crippen molar-refractivity contribution in [1.82, 2.24) is 4.98 Å². The van der Waals surface area contributed by atoms with Crippen molar-refractivity contribution in [2.75, 3.05) is 5.75 Å². The number of carbonyl (C=O) groups excluding carboxylic acids is 2. The molecule has 0 amide bonds. The summed E-state index contributed by atoms with van der Waals surface area (Å²) in [4.78, 5) is 31.4. The van der Waals surface area contributed by atoms with Gasteiger partial charge >= 0.3 is 0 Å². The van der Waals surface area contributed by atoms with Gasteiger partial charge < -0.3 is 14.6 Å². The standard InChI is InChI=1S/C34H39NO5S/c1-4-7-29-39-28-17-25-24-11-10-21-16-22(36)12-14-32(21,2)30(24)26(37)18-33(25,3)34(28,40-29)27(38)19-41-31-23-9-6-5-8-20(23)13-15-35-31/h5-6,8-9,12-16,24-26,28-30,37H,4,7,10-11,17-19H2,1-3H3/t24?,25?,26-,28-,29?,30?,32?,33?,34+/m0/s1. The minimum absolute atomic E-state index is 0.00315. The Hall–Kier alpha value is -2.32. The summed E-state index contributed by atoms with van der Waals surface area (Å²) in [6.07, 6.45) is 10.5. The number of aliphatic hydroxyl groups is 1. The van der Waals surface area contributed by atoms with Crippen molar-refractivity contribution >= 4 is 34.1 Å². The highest BCUT2D eigenvalue weighted by Crippen LogP contribution is 2.69. The van der Waals surface area contributed by atoms with Crippen molar-refractivity contribution in [3.8, 4) is 0 Å². The van der Waals surface area contributed by atoms with E-state index in [9.17, 15) is 14.7 Å². The van der Waals surface area contributed by atoms with Crippen LogP contribution < -0.4 is 0 Å². The topological polar surface area (TPSA) is 85.7 Å². The number of Topliss-reactive ketones (excluding diaryl/α,β-unsaturated/α-hetero) is 1. The number of pyridine rings is 1. The van der Waals surface area contributed by atoms with E-state index in [0.717, 1.165) is 53.5 Å². The summed E-state index contributed by atoms with van der Waals surface area (Å²) in [5, 5.41) is 14.9. The van der Waals surface area contributed by atoms with Gasteiger partial charge in [-0.05, 0) is 67.5 Å². The molecule has 41 heavy (non-hydrogen) atoms. The molecule has 1 N–H and O–H groups in total. The second-order valence-electron chi connectivity index (χ2n) is 13.2. The third-order valence-electron chi connectivity index (χ3n) is 11.2. The summed E-state index contributed by atoms with van der Waals surface area (Å²) in [6, 6.07) is 10.1. The van der Waals surface area contributed by atoms with E-state index in [0.29, 0.717) is 6.42 Å². The van der Waals surface area contributed by atoms with Crippen LogP contribution in [0.2, 0.25) is 0 Å². The fourth-order valence-electron chi connectivity index (χ4n) is 9.45. The average molecular weight is 574 g/mol. The number of ether oxygens (including phenoxy) is 2. The minimum Gasteiger partial charge on any atom is -0.393 e. The molecular formula is C34H39NO5S. The Morgan fingerprint density at radius 2 is 2.05 bits per heavy atom. The molecule has 6 nitrogen and oxygen atoms in total. The van der Waals surface area contributed by atoms with Crippen LogP contribution in [0.5, 0.6) is 0 Å². The van der Waals surface area contributed by atoms with Gasteiger partial charge in [0.15, 0.2) is 23.5 Å². The molecule has 9 atom stereocenters. The maximum absolute atomic E-state index is 14.6. The van der Waals surface area contributed by atoms with Crippen molar-refractivity contribution in [2.24, 2.45) is 28.6 Å². The van der Waals surface area contributed by atoms with Crippen molar-refractivity contribution < 1.29 is 24.2 Å². The molecule has 0 radical (unpaired) electrons. The molecule has 7 rings (SSSR count). The summed E-state index contributed by atoms with van der Waals surface area (Å²) in [6.45, 7) is 6.47. The molecule has 3 saturated carbocycles. The van der Waals surface area contributed by atoms with E-state index in [4.69, 9.17) is 9.47 Å². The van der Waals surface area contributed by atoms with Crippen molar-refractivity contribution in [3.63, 3.8) is 0 Å². The van der Waals surface area contributed by atoms with Gasteiger partial charge in [-0.2, -0.15) is 0 Å². The lowest BCUT2D eigenvalue weighted by molar-refractivity contribution is -0.197. The summed E-state index contributed by atoms with van der Waals surface area (Å²) < 4.78 is 13.4. The van der Waals surface area contributed by atoms with Crippen LogP contribution in [-0.2, 0) is 19.1 Å². The molecule has 6 unspecified atom stereocenters. The van der Waals surface area contributed by atoms with Gasteiger partial charge in [0.25, 0.3) is 0 Å². The predicted molar refractivity (Wildman–Crippen MR) is 158 cm³/mol. The number of fused-ring (bicyclic) bond motifs is 8. The predicted octanol–water partition coefficient (Wildman–Crippen LogP) is 6.07. The van der Waals surface area contributed by atoms with Gasteiger partial charge in [0, 0.05) is 28.3 Å². The van der Waals surface area contributed by atoms with Crippen molar-refractivity contribution in [1.29, 1.82) is 0 Å². The van der Waals surface area contributed by atoms with Crippen LogP contribution in [0.25, 0.3) is 10.8 Å². The highest BCUT2D eigenvalue weighted by molar-refractivity contribution is 8.00. The molecule has 1 aliphatic heterocycles. The number of hydrogen-bond donors (Lipinski definition) is 1. The second kappa shape index (κ2) is 9.87. The highest BCUT2D eigenvalue weighted by atomic mass is 32.2. The number of aliphatic hydroxyl groups excluding tert-OH is 1. The van der Waals surface area contributed by atoms with Crippen LogP contribution in [0.3, 0.4) is 0 Å². The zero-order valence-corrected chi connectivity index (χ0v) is 24.9. The SMILES string of the molecule is CCCC1O[C@H]2CC3C4CCC5=CC(=O)C=CC5(C)C4[C@@H](O)CC3(C)[C@]2(C(=O)CSc2nccc3ccccc23)O1. The molecule has 1 aromatic carbocycles. The smallest absolute Gasteiger partial charge is 0.178 e. The third-order valence-corrected chi connectivity index (χ3v) is 12.2. The normalized spacial score (nSPS) is 41.0. The van der Waals surface area contributed by atoms with Crippen LogP contribution >= 0.6 is 11.8 Å². The Kier molecular flexibility index (Phi) is 6.62. The van der Waals surface area contributed by atoms with E-state index in [-0.39, 0.29) is 46.6 Å². The summed E-state index contributed by atoms with van der Waals surface area (Å²) >= 11 is 1.47. The summed E-state index contributed by atoms with van der Waals surface area (Å²) in [5.74, 6) is 0.703. The van der Waals surface area contributed by atoms with Gasteiger partial charge in [0.05, 0.1) is 18.0 Å². The lowest BCUT2D eigenvalue weighted by atomic mass is 9.46. The van der Waals surface area contributed by atoms with Crippen LogP contribution in [0.1, 0.15) is 59.3 Å². The van der Waals surface area contributed by atoms with Crippen molar-refractivity contribution in [2.45, 2.75) is 88.4 Å². The number of benzene rings is 1. The average Bonchev–Trinajstić information content (AvgIpc) is 3.44. The van der Waals surface area contributed by atoms with Gasteiger partial charge in [-0.3, -0.25) is 9.59 Å². The summed E-state index contributed by atoms with van der Waals surface area (Å²) in [7, 11) is 0. The van der Waals surface area contributed by atoms with E-state index in [1.165, 1.54) is 11.8 Å². The molecule has 1 aromatic heterocycles. The number of thioether (sulfide) groups is 1. The van der Waals surface area contributed by atoms with E-state index < -0.39 is 23.4 Å². The van der Waals surface area contributed by atoms with Gasteiger partial charge in [-0.15, -0.1) is 0 Å². The molecule has 4 fully saturated rings. The fraction of sp³-hybridized carbons (Fsp3) is 0.559. The first-order chi connectivity index (χ1) is 19.7. The number of aromatic nitrogens is 1. The van der Waals surface area contributed by atoms with Crippen LogP contribution in [0, 0.1) is 28.6 Å². The number of nitrogens with zero attached hydrogens (tertiary/aromatic N) is 1. The van der Waals surface area contributed by atoms with Crippen LogP contribution in [0.4, 0.5) is 0 Å². The first kappa shape index (κ1) is 27.5. The lowest BCUT2D eigenvalue weighted by Gasteiger charge is -2.59. The Bertz CT molecular complexity index is 1460. The first-order valence-corrected chi connectivity index (χ1v) is 16.2. The Morgan fingerprint density at radius 3 is 2.88 bits per heavy atom. The van der Waals surface area contributed by atoms with E-state index in [1.54, 1.807) is 18.3 Å². The molecular weight excluding hydrogens is 534 g/mol. The summed E-state index contributed by atoms with van der Waals surface area (Å²) in [5.41, 5.74) is -0.880. The molecule has 0 bridgehead atoms. The first-order valence-electron chi connectivity index (χ1n) is 15.2. The lowest BCUT2D eigenvalue weighted by Crippen LogP contribution is -2.63. The van der Waals surface area contributed by atoms with Crippen molar-refractivity contribution in [3.05, 3.63) is 60.3 Å². The molecule has 0 spiro atoms. The monoisotopic (exact) mass is 573 g/mol. The van der Waals surface area contributed by atoms with Gasteiger partial charge in [0.1, 0.15) is 5.03 Å². The molecule has 4 aliphatic carbocycles. The number of rotatable bonds is 6. The Balaban J connectivity index is 1.23. The zero-order valence-electron chi connectivity index (χ0n) is 24.0. The number of allylic oxidation sites excluding steroid dienone is 4. The van der Waals surface area contributed by atoms with Crippen LogP contribution in [-0.4, -0.2) is 51.5 Å². The number of hydrogen-bond acceptors (Lipinski definition) is 7. The molecule has 1 saturated heterocycles. The molecule has 216 valence electrons. The Labute approximate surface area is 246 Å². The zero-order chi connectivity index (χ0) is 28.6. The number of ketones is 2. The maximum Gasteiger partial charge on any atom is 0.178 e. The third kappa shape index (κ3) is 3.92. The highest BCUT2D eigenvalue weighted by Gasteiger charge is 2.75. The molecule has 5 aliphatic rings. The van der Waals surface area contributed by atoms with E-state index in [1.807, 2.05) is 30.3 Å². The molecule has 2 heterocycles. The van der Waals surface area contributed by atoms with Gasteiger partial charge in [-0.1, -0.05) is 74.9 Å². The maximum atomic E-state index is 14.6. The molecule has 7 heteroatoms. The second-order valence-corrected chi connectivity index (χ2v) is 14.2. The largest absolute Gasteiger partial charge is 0.393 e. The Morgan fingerprint density at radius 1 is 1.22 bits per heavy atom. The van der Waals surface area contributed by atoms with E-state index in [2.05, 4.69) is 31.8 Å². The quantitative estimate of drug-likeness (QED) is 0.420. The fourth-order valence-corrected chi connectivity index (χ4v) is 10.4. The van der Waals surface area contributed by atoms with Crippen LogP contribution in [0.15, 0.2) is 65.4 Å². The van der Waals surface area contributed by atoms with E-state index >= 15 is 0 Å². The van der Waals surface area contributed by atoms with Gasteiger partial charge in [0.2, 0.25) is 0 Å². The number of carbonyl (C=O) groups is 2. The molecule has 2 aromatic rings.